The lowest BCUT2D eigenvalue weighted by molar-refractivity contribution is -0.139. The summed E-state index contributed by atoms with van der Waals surface area (Å²) in [6, 6.07) is 5.21. The first-order valence-corrected chi connectivity index (χ1v) is 7.27. The van der Waals surface area contributed by atoms with Gasteiger partial charge in [-0.2, -0.15) is 0 Å². The van der Waals surface area contributed by atoms with Crippen molar-refractivity contribution in [3.8, 4) is 0 Å². The van der Waals surface area contributed by atoms with E-state index in [-0.39, 0.29) is 12.5 Å². The van der Waals surface area contributed by atoms with Crippen molar-refractivity contribution >= 4 is 33.6 Å². The summed E-state index contributed by atoms with van der Waals surface area (Å²) in [6.45, 7) is 1.90. The van der Waals surface area contributed by atoms with E-state index in [1.165, 1.54) is 0 Å². The van der Waals surface area contributed by atoms with E-state index in [4.69, 9.17) is 5.11 Å². The highest BCUT2D eigenvalue weighted by Crippen LogP contribution is 2.35. The van der Waals surface area contributed by atoms with E-state index in [9.17, 15) is 9.59 Å². The number of rotatable bonds is 4. The minimum Gasteiger partial charge on any atom is -0.481 e. The number of anilines is 1. The van der Waals surface area contributed by atoms with Crippen LogP contribution in [-0.2, 0) is 4.79 Å². The van der Waals surface area contributed by atoms with Crippen LogP contribution in [0.15, 0.2) is 22.7 Å². The molecule has 1 fully saturated rings. The molecule has 0 spiro atoms. The Kier molecular flexibility index (Phi) is 4.32. The first kappa shape index (κ1) is 14.8. The van der Waals surface area contributed by atoms with Crippen LogP contribution in [0.2, 0.25) is 0 Å². The van der Waals surface area contributed by atoms with Gasteiger partial charge in [-0.05, 0) is 49.9 Å². The molecule has 0 aliphatic heterocycles. The molecule has 3 N–H and O–H groups in total. The van der Waals surface area contributed by atoms with E-state index in [1.807, 2.05) is 25.1 Å². The van der Waals surface area contributed by atoms with Crippen LogP contribution in [0.3, 0.4) is 0 Å². The topological polar surface area (TPSA) is 78.4 Å². The lowest BCUT2D eigenvalue weighted by Gasteiger charge is -2.41. The van der Waals surface area contributed by atoms with Crippen LogP contribution in [0.25, 0.3) is 0 Å². The maximum atomic E-state index is 12.0. The minimum absolute atomic E-state index is 0.0280. The summed E-state index contributed by atoms with van der Waals surface area (Å²) in [4.78, 5) is 22.9. The smallest absolute Gasteiger partial charge is 0.319 e. The number of aryl methyl sites for hydroxylation is 1. The lowest BCUT2D eigenvalue weighted by Crippen LogP contribution is -2.55. The third-order valence-corrected chi connectivity index (χ3v) is 4.11. The van der Waals surface area contributed by atoms with Gasteiger partial charge in [-0.3, -0.25) is 4.79 Å². The average Bonchev–Trinajstić information content (AvgIpc) is 2.29. The van der Waals surface area contributed by atoms with Crippen LogP contribution < -0.4 is 10.6 Å². The summed E-state index contributed by atoms with van der Waals surface area (Å²) < 4.78 is 0.947. The second-order valence-corrected chi connectivity index (χ2v) is 6.16. The molecule has 2 rings (SSSR count). The Hall–Kier alpha value is -1.56. The van der Waals surface area contributed by atoms with Crippen LogP contribution in [0, 0.1) is 6.92 Å². The Labute approximate surface area is 125 Å². The summed E-state index contributed by atoms with van der Waals surface area (Å²) >= 11 is 3.37. The maximum Gasteiger partial charge on any atom is 0.319 e. The van der Waals surface area contributed by atoms with Gasteiger partial charge in [0.15, 0.2) is 0 Å². The predicted molar refractivity (Wildman–Crippen MR) is 79.9 cm³/mol. The molecule has 108 valence electrons. The Morgan fingerprint density at radius 1 is 1.40 bits per heavy atom. The third kappa shape index (κ3) is 3.50. The van der Waals surface area contributed by atoms with E-state index < -0.39 is 11.5 Å². The molecule has 6 heteroatoms. The standard InChI is InChI=1S/C14H17BrN2O3/c1-9-7-10(15)3-4-11(9)16-13(20)17-14(5-2-6-14)8-12(18)19/h3-4,7H,2,5-6,8H2,1H3,(H,18,19)(H2,16,17,20). The number of carbonyl (C=O) groups excluding carboxylic acids is 1. The summed E-state index contributed by atoms with van der Waals surface area (Å²) in [5.41, 5.74) is 1.07. The van der Waals surface area contributed by atoms with Crippen molar-refractivity contribution in [2.75, 3.05) is 5.32 Å². The molecule has 0 heterocycles. The number of carboxylic acid groups (broad SMARTS) is 1. The molecule has 2 amide bonds. The number of amides is 2. The van der Waals surface area contributed by atoms with E-state index in [2.05, 4.69) is 26.6 Å². The normalized spacial score (nSPS) is 16.1. The number of halogens is 1. The summed E-state index contributed by atoms with van der Waals surface area (Å²) in [5.74, 6) is -0.884. The van der Waals surface area contributed by atoms with Crippen molar-refractivity contribution in [2.24, 2.45) is 0 Å². The van der Waals surface area contributed by atoms with Gasteiger partial charge >= 0.3 is 12.0 Å². The highest BCUT2D eigenvalue weighted by atomic mass is 79.9. The fourth-order valence-corrected chi connectivity index (χ4v) is 2.88. The van der Waals surface area contributed by atoms with Gasteiger partial charge in [0.25, 0.3) is 0 Å². The first-order chi connectivity index (χ1) is 9.40. The predicted octanol–water partition coefficient (Wildman–Crippen LogP) is 3.28. The highest BCUT2D eigenvalue weighted by Gasteiger charge is 2.40. The Balaban J connectivity index is 1.99. The molecule has 0 saturated heterocycles. The molecule has 0 aromatic heterocycles. The number of hydrogen-bond donors (Lipinski definition) is 3. The zero-order chi connectivity index (χ0) is 14.8. The number of aliphatic carboxylic acids is 1. The first-order valence-electron chi connectivity index (χ1n) is 6.47. The summed E-state index contributed by atoms with van der Waals surface area (Å²) in [5, 5.41) is 14.5. The Morgan fingerprint density at radius 2 is 2.10 bits per heavy atom. The zero-order valence-electron chi connectivity index (χ0n) is 11.2. The van der Waals surface area contributed by atoms with Gasteiger partial charge < -0.3 is 15.7 Å². The van der Waals surface area contributed by atoms with Crippen molar-refractivity contribution in [2.45, 2.75) is 38.1 Å². The molecule has 1 aromatic carbocycles. The zero-order valence-corrected chi connectivity index (χ0v) is 12.8. The van der Waals surface area contributed by atoms with Crippen molar-refractivity contribution < 1.29 is 14.7 Å². The molecule has 1 saturated carbocycles. The van der Waals surface area contributed by atoms with E-state index in [1.54, 1.807) is 0 Å². The molecule has 1 aliphatic rings. The van der Waals surface area contributed by atoms with Gasteiger partial charge in [0.05, 0.1) is 12.0 Å². The van der Waals surface area contributed by atoms with Gasteiger partial charge in [-0.25, -0.2) is 4.79 Å². The molecule has 1 aromatic rings. The number of carbonyl (C=O) groups is 2. The Bertz CT molecular complexity index is 541. The van der Waals surface area contributed by atoms with Crippen molar-refractivity contribution in [3.05, 3.63) is 28.2 Å². The molecule has 0 unspecified atom stereocenters. The van der Waals surface area contributed by atoms with Crippen LogP contribution >= 0.6 is 15.9 Å². The average molecular weight is 341 g/mol. The fourth-order valence-electron chi connectivity index (χ4n) is 2.40. The molecule has 0 atom stereocenters. The van der Waals surface area contributed by atoms with Gasteiger partial charge in [0.1, 0.15) is 0 Å². The minimum atomic E-state index is -0.884. The third-order valence-electron chi connectivity index (χ3n) is 3.62. The summed E-state index contributed by atoms with van der Waals surface area (Å²) in [7, 11) is 0. The number of carboxylic acids is 1. The van der Waals surface area contributed by atoms with Crippen molar-refractivity contribution in [3.63, 3.8) is 0 Å². The molecular formula is C14H17BrN2O3. The van der Waals surface area contributed by atoms with Gasteiger partial charge in [-0.15, -0.1) is 0 Å². The van der Waals surface area contributed by atoms with Gasteiger partial charge in [0.2, 0.25) is 0 Å². The van der Waals surface area contributed by atoms with Crippen molar-refractivity contribution in [1.82, 2.24) is 5.32 Å². The molecule has 0 radical (unpaired) electrons. The molecule has 20 heavy (non-hydrogen) atoms. The molecule has 1 aliphatic carbocycles. The number of hydrogen-bond acceptors (Lipinski definition) is 2. The highest BCUT2D eigenvalue weighted by molar-refractivity contribution is 9.10. The molecular weight excluding hydrogens is 324 g/mol. The Morgan fingerprint density at radius 3 is 2.60 bits per heavy atom. The monoisotopic (exact) mass is 340 g/mol. The largest absolute Gasteiger partial charge is 0.481 e. The SMILES string of the molecule is Cc1cc(Br)ccc1NC(=O)NC1(CC(=O)O)CCC1. The number of nitrogens with one attached hydrogen (secondary N) is 2. The van der Waals surface area contributed by atoms with Crippen LogP contribution in [0.5, 0.6) is 0 Å². The lowest BCUT2D eigenvalue weighted by atomic mass is 9.74. The second kappa shape index (κ2) is 5.83. The van der Waals surface area contributed by atoms with Crippen LogP contribution in [0.4, 0.5) is 10.5 Å². The number of urea groups is 1. The van der Waals surface area contributed by atoms with Crippen LogP contribution in [0.1, 0.15) is 31.2 Å². The van der Waals surface area contributed by atoms with Crippen LogP contribution in [-0.4, -0.2) is 22.6 Å². The fraction of sp³-hybridized carbons (Fsp3) is 0.429. The van der Waals surface area contributed by atoms with Gasteiger partial charge in [-0.1, -0.05) is 15.9 Å². The van der Waals surface area contributed by atoms with E-state index >= 15 is 0 Å². The molecule has 0 bridgehead atoms. The van der Waals surface area contributed by atoms with Crippen molar-refractivity contribution in [1.29, 1.82) is 0 Å². The van der Waals surface area contributed by atoms with E-state index in [0.717, 1.165) is 22.1 Å². The van der Waals surface area contributed by atoms with Gasteiger partial charge in [0, 0.05) is 10.2 Å². The number of benzene rings is 1. The maximum absolute atomic E-state index is 12.0. The second-order valence-electron chi connectivity index (χ2n) is 5.24. The summed E-state index contributed by atoms with van der Waals surface area (Å²) in [6.07, 6.45) is 2.35. The quantitative estimate of drug-likeness (QED) is 0.786. The van der Waals surface area contributed by atoms with E-state index in [0.29, 0.717) is 12.8 Å². The molecule has 5 nitrogen and oxygen atoms in total.